The zero-order valence-corrected chi connectivity index (χ0v) is 15.1. The van der Waals surface area contributed by atoms with Crippen LogP contribution in [0.4, 0.5) is 0 Å². The predicted molar refractivity (Wildman–Crippen MR) is 93.4 cm³/mol. The summed E-state index contributed by atoms with van der Waals surface area (Å²) >= 11 is 13.1. The summed E-state index contributed by atoms with van der Waals surface area (Å²) in [5.41, 5.74) is 2.45. The monoisotopic (exact) mass is 415 g/mol. The molecule has 1 N–H and O–H groups in total. The van der Waals surface area contributed by atoms with E-state index >= 15 is 0 Å². The highest BCUT2D eigenvalue weighted by molar-refractivity contribution is 9.10. The SMILES string of the molecule is CCCNC(c1ccc(Br)cc1)c1ccc(Cl)c(Br)c1. The van der Waals surface area contributed by atoms with Gasteiger partial charge < -0.3 is 5.32 Å². The third-order valence-corrected chi connectivity index (χ3v) is 4.82. The lowest BCUT2D eigenvalue weighted by molar-refractivity contribution is 0.598. The molecule has 1 nitrogen and oxygen atoms in total. The second-order valence-corrected chi connectivity index (χ2v) is 6.79. The van der Waals surface area contributed by atoms with Crippen LogP contribution in [0, 0.1) is 0 Å². The van der Waals surface area contributed by atoms with E-state index in [2.05, 4.69) is 80.5 Å². The Kier molecular flexibility index (Phi) is 6.09. The number of benzene rings is 2. The van der Waals surface area contributed by atoms with E-state index in [9.17, 15) is 0 Å². The fraction of sp³-hybridized carbons (Fsp3) is 0.250. The Morgan fingerprint density at radius 1 is 1.05 bits per heavy atom. The first-order valence-electron chi connectivity index (χ1n) is 6.55. The van der Waals surface area contributed by atoms with Crippen LogP contribution < -0.4 is 5.32 Å². The molecule has 0 saturated carbocycles. The molecule has 0 spiro atoms. The highest BCUT2D eigenvalue weighted by Crippen LogP contribution is 2.29. The van der Waals surface area contributed by atoms with Gasteiger partial charge in [-0.1, -0.05) is 52.7 Å². The minimum Gasteiger partial charge on any atom is -0.306 e. The van der Waals surface area contributed by atoms with Gasteiger partial charge in [-0.3, -0.25) is 0 Å². The standard InChI is InChI=1S/C16H16Br2ClN/c1-2-9-20-16(11-3-6-13(17)7-4-11)12-5-8-15(19)14(18)10-12/h3-8,10,16,20H,2,9H2,1H3. The third kappa shape index (κ3) is 4.08. The lowest BCUT2D eigenvalue weighted by Crippen LogP contribution is -2.23. The van der Waals surface area contributed by atoms with Crippen molar-refractivity contribution in [1.82, 2.24) is 5.32 Å². The molecule has 1 atom stereocenters. The molecule has 0 fully saturated rings. The molecule has 0 saturated heterocycles. The van der Waals surface area contributed by atoms with Crippen LogP contribution >= 0.6 is 43.5 Å². The minimum absolute atomic E-state index is 0.177. The Labute approximate surface area is 142 Å². The molecule has 20 heavy (non-hydrogen) atoms. The molecule has 0 heterocycles. The smallest absolute Gasteiger partial charge is 0.0577 e. The van der Waals surface area contributed by atoms with Crippen molar-refractivity contribution < 1.29 is 0 Å². The van der Waals surface area contributed by atoms with Gasteiger partial charge in [0.2, 0.25) is 0 Å². The minimum atomic E-state index is 0.177. The predicted octanol–water partition coefficient (Wildman–Crippen LogP) is 5.95. The number of halogens is 3. The average molecular weight is 418 g/mol. The molecule has 0 aliphatic carbocycles. The fourth-order valence-electron chi connectivity index (χ4n) is 2.06. The third-order valence-electron chi connectivity index (χ3n) is 3.08. The van der Waals surface area contributed by atoms with Crippen molar-refractivity contribution in [2.45, 2.75) is 19.4 Å². The van der Waals surface area contributed by atoms with E-state index < -0.39 is 0 Å². The molecule has 1 unspecified atom stereocenters. The van der Waals surface area contributed by atoms with E-state index in [0.717, 1.165) is 26.9 Å². The van der Waals surface area contributed by atoms with Gasteiger partial charge in [0, 0.05) is 8.95 Å². The molecule has 106 valence electrons. The highest BCUT2D eigenvalue weighted by Gasteiger charge is 2.14. The molecule has 0 aromatic heterocycles. The first kappa shape index (κ1) is 16.0. The van der Waals surface area contributed by atoms with Gasteiger partial charge in [-0.25, -0.2) is 0 Å². The Balaban J connectivity index is 2.35. The lowest BCUT2D eigenvalue weighted by atomic mass is 9.98. The highest BCUT2D eigenvalue weighted by atomic mass is 79.9. The molecular weight excluding hydrogens is 401 g/mol. The zero-order chi connectivity index (χ0) is 14.5. The van der Waals surface area contributed by atoms with E-state index in [4.69, 9.17) is 11.6 Å². The van der Waals surface area contributed by atoms with Crippen LogP contribution in [0.3, 0.4) is 0 Å². The van der Waals surface area contributed by atoms with Crippen molar-refractivity contribution in [1.29, 1.82) is 0 Å². The van der Waals surface area contributed by atoms with Gasteiger partial charge in [-0.15, -0.1) is 0 Å². The van der Waals surface area contributed by atoms with Crippen LogP contribution in [0.15, 0.2) is 51.4 Å². The van der Waals surface area contributed by atoms with E-state index in [-0.39, 0.29) is 6.04 Å². The Morgan fingerprint density at radius 2 is 1.70 bits per heavy atom. The van der Waals surface area contributed by atoms with Gasteiger partial charge >= 0.3 is 0 Å². The van der Waals surface area contributed by atoms with Crippen molar-refractivity contribution in [3.63, 3.8) is 0 Å². The Morgan fingerprint density at radius 3 is 2.30 bits per heavy atom. The quantitative estimate of drug-likeness (QED) is 0.633. The molecule has 2 aromatic carbocycles. The van der Waals surface area contributed by atoms with Gasteiger partial charge in [0.15, 0.2) is 0 Å². The molecule has 0 aliphatic heterocycles. The molecular formula is C16H16Br2ClN. The van der Waals surface area contributed by atoms with E-state index in [1.165, 1.54) is 11.1 Å². The van der Waals surface area contributed by atoms with Crippen LogP contribution in [-0.4, -0.2) is 6.54 Å². The summed E-state index contributed by atoms with van der Waals surface area (Å²) in [5.74, 6) is 0. The second-order valence-electron chi connectivity index (χ2n) is 4.61. The zero-order valence-electron chi connectivity index (χ0n) is 11.2. The molecule has 2 aromatic rings. The number of hydrogen-bond acceptors (Lipinski definition) is 1. The summed E-state index contributed by atoms with van der Waals surface area (Å²) in [4.78, 5) is 0. The number of rotatable bonds is 5. The van der Waals surface area contributed by atoms with Crippen LogP contribution in [0.5, 0.6) is 0 Å². The van der Waals surface area contributed by atoms with Gasteiger partial charge in [-0.05, 0) is 64.3 Å². The maximum Gasteiger partial charge on any atom is 0.0577 e. The van der Waals surface area contributed by atoms with E-state index in [1.807, 2.05) is 6.07 Å². The molecule has 4 heteroatoms. The summed E-state index contributed by atoms with van der Waals surface area (Å²) in [6.07, 6.45) is 1.10. The van der Waals surface area contributed by atoms with Gasteiger partial charge in [0.25, 0.3) is 0 Å². The summed E-state index contributed by atoms with van der Waals surface area (Å²) in [7, 11) is 0. The van der Waals surface area contributed by atoms with Crippen LogP contribution in [0.25, 0.3) is 0 Å². The van der Waals surface area contributed by atoms with Gasteiger partial charge in [0.05, 0.1) is 11.1 Å². The largest absolute Gasteiger partial charge is 0.306 e. The molecule has 0 bridgehead atoms. The summed E-state index contributed by atoms with van der Waals surface area (Å²) < 4.78 is 2.02. The number of nitrogens with one attached hydrogen (secondary N) is 1. The van der Waals surface area contributed by atoms with Crippen molar-refractivity contribution in [3.05, 3.63) is 67.6 Å². The lowest BCUT2D eigenvalue weighted by Gasteiger charge is -2.20. The Hall–Kier alpha value is -0.350. The van der Waals surface area contributed by atoms with Crippen molar-refractivity contribution in [2.75, 3.05) is 6.54 Å². The molecule has 0 aliphatic rings. The number of hydrogen-bond donors (Lipinski definition) is 1. The summed E-state index contributed by atoms with van der Waals surface area (Å²) in [6.45, 7) is 3.14. The topological polar surface area (TPSA) is 12.0 Å². The average Bonchev–Trinajstić information content (AvgIpc) is 2.45. The first-order chi connectivity index (χ1) is 9.61. The van der Waals surface area contributed by atoms with Crippen molar-refractivity contribution in [3.8, 4) is 0 Å². The van der Waals surface area contributed by atoms with E-state index in [0.29, 0.717) is 0 Å². The summed E-state index contributed by atoms with van der Waals surface area (Å²) in [5, 5.41) is 4.32. The first-order valence-corrected chi connectivity index (χ1v) is 8.52. The van der Waals surface area contributed by atoms with Crippen molar-refractivity contribution >= 4 is 43.5 Å². The molecule has 0 radical (unpaired) electrons. The maximum atomic E-state index is 6.08. The van der Waals surface area contributed by atoms with Crippen molar-refractivity contribution in [2.24, 2.45) is 0 Å². The van der Waals surface area contributed by atoms with Crippen LogP contribution in [-0.2, 0) is 0 Å². The Bertz CT molecular complexity index is 569. The molecule has 2 rings (SSSR count). The van der Waals surface area contributed by atoms with Gasteiger partial charge in [0.1, 0.15) is 0 Å². The van der Waals surface area contributed by atoms with Crippen LogP contribution in [0.1, 0.15) is 30.5 Å². The second kappa shape index (κ2) is 7.60. The summed E-state index contributed by atoms with van der Waals surface area (Å²) in [6, 6.07) is 14.7. The fourth-order valence-corrected chi connectivity index (χ4v) is 2.84. The normalized spacial score (nSPS) is 12.4. The van der Waals surface area contributed by atoms with Crippen LogP contribution in [0.2, 0.25) is 5.02 Å². The van der Waals surface area contributed by atoms with Gasteiger partial charge in [-0.2, -0.15) is 0 Å². The maximum absolute atomic E-state index is 6.08. The molecule has 0 amide bonds. The van der Waals surface area contributed by atoms with E-state index in [1.54, 1.807) is 0 Å².